The molecule has 0 spiro atoms. The van der Waals surface area contributed by atoms with Crippen molar-refractivity contribution in [2.45, 2.75) is 25.4 Å². The Morgan fingerprint density at radius 3 is 2.94 bits per heavy atom. The van der Waals surface area contributed by atoms with Crippen LogP contribution < -0.4 is 4.74 Å². The van der Waals surface area contributed by atoms with Crippen LogP contribution in [-0.4, -0.2) is 70.8 Å². The fourth-order valence-electron chi connectivity index (χ4n) is 3.94. The summed E-state index contributed by atoms with van der Waals surface area (Å²) in [4.78, 5) is 27.9. The Bertz CT molecular complexity index is 947. The molecule has 2 amide bonds. The molecule has 0 aliphatic carbocycles. The maximum Gasteiger partial charge on any atom is 0.242 e. The molecule has 0 unspecified atom stereocenters. The van der Waals surface area contributed by atoms with Crippen molar-refractivity contribution in [2.24, 2.45) is 7.05 Å². The molecule has 8 nitrogen and oxygen atoms in total. The summed E-state index contributed by atoms with van der Waals surface area (Å²) >= 11 is 6.13. The minimum atomic E-state index is -0.281. The fraction of sp³-hybridized carbons (Fsp3) is 0.500. The number of aromatic nitrogens is 2. The molecule has 0 radical (unpaired) electrons. The van der Waals surface area contributed by atoms with Crippen molar-refractivity contribution in [3.63, 3.8) is 0 Å². The smallest absolute Gasteiger partial charge is 0.242 e. The molecule has 0 saturated carbocycles. The third-order valence-electron chi connectivity index (χ3n) is 5.69. The number of carbonyl (C=O) groups is 2. The number of rotatable bonds is 7. The van der Waals surface area contributed by atoms with E-state index in [4.69, 9.17) is 21.1 Å². The van der Waals surface area contributed by atoms with Gasteiger partial charge in [0.05, 0.1) is 37.0 Å². The van der Waals surface area contributed by atoms with Crippen LogP contribution in [0.3, 0.4) is 0 Å². The lowest BCUT2D eigenvalue weighted by atomic mass is 10.2. The number of benzene rings is 1. The van der Waals surface area contributed by atoms with E-state index in [9.17, 15) is 9.59 Å². The average Bonchev–Trinajstić information content (AvgIpc) is 3.35. The molecular weight excluding hydrogens is 420 g/mol. The van der Waals surface area contributed by atoms with E-state index in [1.54, 1.807) is 15.9 Å². The van der Waals surface area contributed by atoms with Crippen molar-refractivity contribution >= 4 is 23.4 Å². The molecule has 3 heterocycles. The zero-order chi connectivity index (χ0) is 21.8. The summed E-state index contributed by atoms with van der Waals surface area (Å²) < 4.78 is 13.5. The second kappa shape index (κ2) is 9.70. The summed E-state index contributed by atoms with van der Waals surface area (Å²) in [5, 5.41) is 5.18. The van der Waals surface area contributed by atoms with E-state index >= 15 is 0 Å². The number of nitrogens with zero attached hydrogens (tertiary/aromatic N) is 4. The molecule has 9 heteroatoms. The standard InChI is InChI=1S/C22H27ClN4O4/c1-25-16(8-11-30-19-6-3-2-5-17(19)23)13-18(24-25)20-14-27(10-12-31-20)22(29)15-26-9-4-7-21(26)28/h2-3,5-6,13,20H,4,7-12,14-15H2,1H3/t20-/m1/s1. The molecular formula is C22H27ClN4O4. The van der Waals surface area contributed by atoms with E-state index in [0.717, 1.165) is 17.8 Å². The van der Waals surface area contributed by atoms with E-state index in [2.05, 4.69) is 5.10 Å². The van der Waals surface area contributed by atoms with Crippen molar-refractivity contribution in [1.82, 2.24) is 19.6 Å². The Morgan fingerprint density at radius 2 is 2.16 bits per heavy atom. The topological polar surface area (TPSA) is 76.9 Å². The number of amides is 2. The minimum Gasteiger partial charge on any atom is -0.492 e. The maximum atomic E-state index is 12.7. The third kappa shape index (κ3) is 5.19. The first-order valence-corrected chi connectivity index (χ1v) is 11.0. The van der Waals surface area contributed by atoms with Gasteiger partial charge < -0.3 is 19.3 Å². The second-order valence-corrected chi connectivity index (χ2v) is 8.24. The zero-order valence-electron chi connectivity index (χ0n) is 17.6. The normalized spacial score (nSPS) is 19.2. The van der Waals surface area contributed by atoms with Gasteiger partial charge in [-0.3, -0.25) is 14.3 Å². The van der Waals surface area contributed by atoms with Gasteiger partial charge in [-0.15, -0.1) is 0 Å². The number of likely N-dealkylation sites (tertiary alicyclic amines) is 1. The van der Waals surface area contributed by atoms with Gasteiger partial charge in [0.25, 0.3) is 0 Å². The summed E-state index contributed by atoms with van der Waals surface area (Å²) in [6.07, 6.45) is 1.75. The van der Waals surface area contributed by atoms with Crippen molar-refractivity contribution in [2.75, 3.05) is 39.4 Å². The molecule has 1 aromatic carbocycles. The lowest BCUT2D eigenvalue weighted by Crippen LogP contribution is -2.47. The highest BCUT2D eigenvalue weighted by atomic mass is 35.5. The highest BCUT2D eigenvalue weighted by Crippen LogP contribution is 2.25. The Kier molecular flexibility index (Phi) is 6.77. The quantitative estimate of drug-likeness (QED) is 0.651. The summed E-state index contributed by atoms with van der Waals surface area (Å²) in [5.41, 5.74) is 1.81. The van der Waals surface area contributed by atoms with Crippen LogP contribution in [0.4, 0.5) is 0 Å². The number of hydrogen-bond acceptors (Lipinski definition) is 5. The Hall–Kier alpha value is -2.58. The monoisotopic (exact) mass is 446 g/mol. The molecule has 2 aliphatic rings. The van der Waals surface area contributed by atoms with Gasteiger partial charge in [-0.1, -0.05) is 23.7 Å². The van der Waals surface area contributed by atoms with Crippen LogP contribution in [-0.2, 0) is 27.8 Å². The fourth-order valence-corrected chi connectivity index (χ4v) is 4.13. The van der Waals surface area contributed by atoms with Crippen LogP contribution in [0.15, 0.2) is 30.3 Å². The molecule has 2 saturated heterocycles. The number of carbonyl (C=O) groups excluding carboxylic acids is 2. The minimum absolute atomic E-state index is 0.0344. The number of morpholine rings is 1. The molecule has 166 valence electrons. The van der Waals surface area contributed by atoms with Crippen LogP contribution in [0, 0.1) is 0 Å². The Labute approximate surface area is 186 Å². The largest absolute Gasteiger partial charge is 0.492 e. The van der Waals surface area contributed by atoms with E-state index in [1.807, 2.05) is 36.0 Å². The van der Waals surface area contributed by atoms with E-state index in [-0.39, 0.29) is 24.5 Å². The Morgan fingerprint density at radius 1 is 1.32 bits per heavy atom. The summed E-state index contributed by atoms with van der Waals surface area (Å²) in [7, 11) is 1.89. The maximum absolute atomic E-state index is 12.7. The van der Waals surface area contributed by atoms with Crippen LogP contribution in [0.2, 0.25) is 5.02 Å². The van der Waals surface area contributed by atoms with Gasteiger partial charge in [0.2, 0.25) is 11.8 Å². The number of ether oxygens (including phenoxy) is 2. The first-order chi connectivity index (χ1) is 15.0. The second-order valence-electron chi connectivity index (χ2n) is 7.83. The van der Waals surface area contributed by atoms with Crippen LogP contribution in [0.25, 0.3) is 0 Å². The van der Waals surface area contributed by atoms with Crippen LogP contribution in [0.1, 0.15) is 30.3 Å². The molecule has 1 atom stereocenters. The first kappa shape index (κ1) is 21.6. The van der Waals surface area contributed by atoms with Gasteiger partial charge >= 0.3 is 0 Å². The number of halogens is 1. The lowest BCUT2D eigenvalue weighted by Gasteiger charge is -2.33. The predicted octanol–water partition coefficient (Wildman–Crippen LogP) is 2.22. The van der Waals surface area contributed by atoms with Gasteiger partial charge in [-0.2, -0.15) is 5.10 Å². The molecule has 0 N–H and O–H groups in total. The van der Waals surface area contributed by atoms with Crippen molar-refractivity contribution < 1.29 is 19.1 Å². The zero-order valence-corrected chi connectivity index (χ0v) is 18.4. The molecule has 1 aromatic heterocycles. The third-order valence-corrected chi connectivity index (χ3v) is 6.01. The van der Waals surface area contributed by atoms with Crippen molar-refractivity contribution in [3.05, 3.63) is 46.7 Å². The molecule has 2 fully saturated rings. The number of aryl methyl sites for hydroxylation is 1. The SMILES string of the molecule is Cn1nc([C@H]2CN(C(=O)CN3CCCC3=O)CCO2)cc1CCOc1ccccc1Cl. The molecule has 2 aliphatic heterocycles. The molecule has 0 bridgehead atoms. The Balaban J connectivity index is 1.33. The van der Waals surface area contributed by atoms with Gasteiger partial charge in [0.1, 0.15) is 11.9 Å². The molecule has 2 aromatic rings. The highest BCUT2D eigenvalue weighted by molar-refractivity contribution is 6.32. The average molecular weight is 447 g/mol. The molecule has 31 heavy (non-hydrogen) atoms. The summed E-state index contributed by atoms with van der Waals surface area (Å²) in [6, 6.07) is 9.39. The van der Waals surface area contributed by atoms with Crippen LogP contribution in [0.5, 0.6) is 5.75 Å². The lowest BCUT2D eigenvalue weighted by molar-refractivity contribution is -0.143. The predicted molar refractivity (Wildman–Crippen MR) is 115 cm³/mol. The van der Waals surface area contributed by atoms with E-state index < -0.39 is 0 Å². The van der Waals surface area contributed by atoms with E-state index in [1.165, 1.54) is 0 Å². The van der Waals surface area contributed by atoms with Crippen LogP contribution >= 0.6 is 11.6 Å². The first-order valence-electron chi connectivity index (χ1n) is 10.6. The van der Waals surface area contributed by atoms with Crippen molar-refractivity contribution in [1.29, 1.82) is 0 Å². The number of para-hydroxylation sites is 1. The highest BCUT2D eigenvalue weighted by Gasteiger charge is 2.30. The van der Waals surface area contributed by atoms with Gasteiger partial charge in [0, 0.05) is 38.7 Å². The van der Waals surface area contributed by atoms with Gasteiger partial charge in [-0.25, -0.2) is 0 Å². The van der Waals surface area contributed by atoms with E-state index in [0.29, 0.717) is 56.5 Å². The number of hydrogen-bond donors (Lipinski definition) is 0. The molecule has 4 rings (SSSR count). The summed E-state index contributed by atoms with van der Waals surface area (Å²) in [6.45, 7) is 2.71. The van der Waals surface area contributed by atoms with Crippen molar-refractivity contribution in [3.8, 4) is 5.75 Å². The van der Waals surface area contributed by atoms with Gasteiger partial charge in [-0.05, 0) is 24.6 Å². The summed E-state index contributed by atoms with van der Waals surface area (Å²) in [5.74, 6) is 0.687. The van der Waals surface area contributed by atoms with Gasteiger partial charge in [0.15, 0.2) is 0 Å².